The Morgan fingerprint density at radius 3 is 2.60 bits per heavy atom. The van der Waals surface area contributed by atoms with Crippen LogP contribution in [0, 0.1) is 0 Å². The fourth-order valence-electron chi connectivity index (χ4n) is 2.10. The number of fused-ring (bicyclic) bond motifs is 1. The lowest BCUT2D eigenvalue weighted by Crippen LogP contribution is -1.99. The van der Waals surface area contributed by atoms with E-state index in [9.17, 15) is 0 Å². The summed E-state index contributed by atoms with van der Waals surface area (Å²) in [6.45, 7) is 0. The molecule has 0 aliphatic carbocycles. The molecule has 20 heavy (non-hydrogen) atoms. The van der Waals surface area contributed by atoms with E-state index in [1.807, 2.05) is 41.0 Å². The molecule has 0 N–H and O–H groups in total. The highest BCUT2D eigenvalue weighted by Crippen LogP contribution is 2.29. The third kappa shape index (κ3) is 2.50. The van der Waals surface area contributed by atoms with E-state index < -0.39 is 0 Å². The van der Waals surface area contributed by atoms with Crippen LogP contribution in [-0.4, -0.2) is 9.55 Å². The molecule has 0 aliphatic rings. The lowest BCUT2D eigenvalue weighted by atomic mass is 10.3. The Kier molecular flexibility index (Phi) is 4.09. The quantitative estimate of drug-likeness (QED) is 0.456. The lowest BCUT2D eigenvalue weighted by Gasteiger charge is -2.09. The van der Waals surface area contributed by atoms with E-state index in [2.05, 4.69) is 36.8 Å². The second-order valence-electron chi connectivity index (χ2n) is 4.23. The minimum Gasteiger partial charge on any atom is -0.295 e. The number of nitrogens with zero attached hydrogens (tertiary/aromatic N) is 2. The van der Waals surface area contributed by atoms with Gasteiger partial charge in [0.1, 0.15) is 5.82 Å². The van der Waals surface area contributed by atoms with E-state index in [0.717, 1.165) is 31.5 Å². The number of halogens is 4. The maximum Gasteiger partial charge on any atom is 0.129 e. The van der Waals surface area contributed by atoms with E-state index >= 15 is 0 Å². The van der Waals surface area contributed by atoms with Crippen molar-refractivity contribution in [3.8, 4) is 5.69 Å². The summed E-state index contributed by atoms with van der Waals surface area (Å²) < 4.78 is 3.88. The summed E-state index contributed by atoms with van der Waals surface area (Å²) in [5.41, 5.74) is 2.89. The van der Waals surface area contributed by atoms with Crippen LogP contribution in [0.3, 0.4) is 0 Å². The molecule has 0 unspecified atom stereocenters. The van der Waals surface area contributed by atoms with Crippen LogP contribution in [0.25, 0.3) is 16.7 Å². The van der Waals surface area contributed by atoms with Crippen molar-refractivity contribution in [1.29, 1.82) is 0 Å². The van der Waals surface area contributed by atoms with Crippen molar-refractivity contribution in [3.63, 3.8) is 0 Å². The SMILES string of the molecule is ClCc1nc2ccc(Br)cc2n1-c1ccc(Cl)c(Br)c1. The molecule has 0 spiro atoms. The number of hydrogen-bond donors (Lipinski definition) is 0. The van der Waals surface area contributed by atoms with Gasteiger partial charge in [-0.05, 0) is 52.3 Å². The van der Waals surface area contributed by atoms with Gasteiger partial charge in [-0.15, -0.1) is 11.6 Å². The van der Waals surface area contributed by atoms with E-state index in [1.54, 1.807) is 0 Å². The highest BCUT2D eigenvalue weighted by atomic mass is 79.9. The van der Waals surface area contributed by atoms with Crippen molar-refractivity contribution in [1.82, 2.24) is 9.55 Å². The molecular weight excluding hydrogens is 427 g/mol. The van der Waals surface area contributed by atoms with Crippen molar-refractivity contribution in [2.24, 2.45) is 0 Å². The largest absolute Gasteiger partial charge is 0.295 e. The van der Waals surface area contributed by atoms with Crippen molar-refractivity contribution < 1.29 is 0 Å². The number of imidazole rings is 1. The van der Waals surface area contributed by atoms with Gasteiger partial charge in [0.25, 0.3) is 0 Å². The van der Waals surface area contributed by atoms with Crippen LogP contribution in [0.2, 0.25) is 5.02 Å². The van der Waals surface area contributed by atoms with Crippen LogP contribution in [0.4, 0.5) is 0 Å². The Morgan fingerprint density at radius 2 is 1.90 bits per heavy atom. The molecule has 0 bridgehead atoms. The first-order chi connectivity index (χ1) is 9.60. The first kappa shape index (κ1) is 14.4. The number of benzene rings is 2. The highest BCUT2D eigenvalue weighted by Gasteiger charge is 2.13. The Labute approximate surface area is 143 Å². The molecule has 0 saturated carbocycles. The monoisotopic (exact) mass is 432 g/mol. The molecule has 0 fully saturated rings. The van der Waals surface area contributed by atoms with Crippen LogP contribution in [0.1, 0.15) is 5.82 Å². The second-order valence-corrected chi connectivity index (χ2v) is 6.67. The maximum atomic E-state index is 6.05. The smallest absolute Gasteiger partial charge is 0.129 e. The summed E-state index contributed by atoms with van der Waals surface area (Å²) in [6.07, 6.45) is 0. The molecule has 3 rings (SSSR count). The minimum atomic E-state index is 0.340. The van der Waals surface area contributed by atoms with Gasteiger partial charge >= 0.3 is 0 Å². The van der Waals surface area contributed by atoms with Crippen molar-refractivity contribution in [3.05, 3.63) is 56.2 Å². The standard InChI is InChI=1S/C14H8Br2Cl2N2/c15-8-1-4-12-13(5-8)20(14(7-17)19-12)9-2-3-11(18)10(16)6-9/h1-6H,7H2. The van der Waals surface area contributed by atoms with Gasteiger partial charge in [-0.25, -0.2) is 4.98 Å². The van der Waals surface area contributed by atoms with E-state index in [0.29, 0.717) is 10.9 Å². The molecule has 0 atom stereocenters. The van der Waals surface area contributed by atoms with Crippen LogP contribution < -0.4 is 0 Å². The van der Waals surface area contributed by atoms with Crippen molar-refractivity contribution in [2.45, 2.75) is 5.88 Å². The third-order valence-corrected chi connectivity index (χ3v) is 4.91. The van der Waals surface area contributed by atoms with E-state index in [1.165, 1.54) is 0 Å². The van der Waals surface area contributed by atoms with Crippen LogP contribution in [0.5, 0.6) is 0 Å². The molecule has 0 amide bonds. The molecule has 0 radical (unpaired) electrons. The normalized spacial score (nSPS) is 11.2. The Bertz CT molecular complexity index is 799. The van der Waals surface area contributed by atoms with Crippen LogP contribution in [-0.2, 0) is 5.88 Å². The summed E-state index contributed by atoms with van der Waals surface area (Å²) in [7, 11) is 0. The summed E-state index contributed by atoms with van der Waals surface area (Å²) in [5.74, 6) is 1.14. The second kappa shape index (κ2) is 5.68. The highest BCUT2D eigenvalue weighted by molar-refractivity contribution is 9.10. The molecule has 2 aromatic carbocycles. The van der Waals surface area contributed by atoms with Gasteiger partial charge in [0.15, 0.2) is 0 Å². The fraction of sp³-hybridized carbons (Fsp3) is 0.0714. The molecule has 1 aromatic heterocycles. The zero-order chi connectivity index (χ0) is 14.3. The van der Waals surface area contributed by atoms with Crippen molar-refractivity contribution >= 4 is 66.1 Å². The summed E-state index contributed by atoms with van der Waals surface area (Å²) >= 11 is 19.0. The van der Waals surface area contributed by atoms with Gasteiger partial charge in [-0.3, -0.25) is 4.57 Å². The molecule has 2 nitrogen and oxygen atoms in total. The Balaban J connectivity index is 2.32. The van der Waals surface area contributed by atoms with Crippen molar-refractivity contribution in [2.75, 3.05) is 0 Å². The lowest BCUT2D eigenvalue weighted by molar-refractivity contribution is 0.981. The van der Waals surface area contributed by atoms with Crippen LogP contribution >= 0.6 is 55.1 Å². The molecular formula is C14H8Br2Cl2N2. The number of aromatic nitrogens is 2. The Hall–Kier alpha value is -0.550. The number of hydrogen-bond acceptors (Lipinski definition) is 1. The summed E-state index contributed by atoms with van der Waals surface area (Å²) in [6, 6.07) is 11.7. The molecule has 102 valence electrons. The number of rotatable bonds is 2. The van der Waals surface area contributed by atoms with Crippen LogP contribution in [0.15, 0.2) is 45.3 Å². The first-order valence-electron chi connectivity index (χ1n) is 5.78. The third-order valence-electron chi connectivity index (χ3n) is 2.97. The molecule has 3 aromatic rings. The average Bonchev–Trinajstić information content (AvgIpc) is 2.79. The zero-order valence-electron chi connectivity index (χ0n) is 10.1. The van der Waals surface area contributed by atoms with Gasteiger partial charge in [0.05, 0.1) is 21.9 Å². The zero-order valence-corrected chi connectivity index (χ0v) is 14.8. The summed E-state index contributed by atoms with van der Waals surface area (Å²) in [5, 5.41) is 0.673. The topological polar surface area (TPSA) is 17.8 Å². The predicted octanol–water partition coefficient (Wildman–Crippen LogP) is 5.94. The maximum absolute atomic E-state index is 6.05. The number of alkyl halides is 1. The van der Waals surface area contributed by atoms with E-state index in [4.69, 9.17) is 23.2 Å². The fourth-order valence-corrected chi connectivity index (χ4v) is 3.11. The van der Waals surface area contributed by atoms with Gasteiger partial charge in [0, 0.05) is 14.6 Å². The first-order valence-corrected chi connectivity index (χ1v) is 8.28. The molecule has 0 aliphatic heterocycles. The molecule has 1 heterocycles. The van der Waals surface area contributed by atoms with Gasteiger partial charge in [-0.1, -0.05) is 27.5 Å². The van der Waals surface area contributed by atoms with Gasteiger partial charge in [-0.2, -0.15) is 0 Å². The summed E-state index contributed by atoms with van der Waals surface area (Å²) in [4.78, 5) is 4.56. The van der Waals surface area contributed by atoms with Gasteiger partial charge < -0.3 is 0 Å². The Morgan fingerprint density at radius 1 is 1.10 bits per heavy atom. The molecule has 6 heteroatoms. The van der Waals surface area contributed by atoms with Gasteiger partial charge in [0.2, 0.25) is 0 Å². The molecule has 0 saturated heterocycles. The predicted molar refractivity (Wildman–Crippen MR) is 91.0 cm³/mol. The van der Waals surface area contributed by atoms with E-state index in [-0.39, 0.29) is 0 Å². The minimum absolute atomic E-state index is 0.340. The average molecular weight is 435 g/mol.